The number of carbonyl (C=O) groups excluding carboxylic acids is 2. The van der Waals surface area contributed by atoms with Crippen molar-refractivity contribution in [1.29, 1.82) is 0 Å². The fourth-order valence-corrected chi connectivity index (χ4v) is 3.04. The van der Waals surface area contributed by atoms with Crippen LogP contribution in [-0.2, 0) is 20.7 Å². The molecule has 27 heavy (non-hydrogen) atoms. The van der Waals surface area contributed by atoms with E-state index in [0.29, 0.717) is 26.3 Å². The van der Waals surface area contributed by atoms with Crippen LogP contribution in [-0.4, -0.2) is 50.1 Å². The third-order valence-electron chi connectivity index (χ3n) is 4.53. The second kappa shape index (κ2) is 9.19. The maximum atomic E-state index is 13.0. The summed E-state index contributed by atoms with van der Waals surface area (Å²) >= 11 is 0. The smallest absolute Gasteiger partial charge is 0.249 e. The first kappa shape index (κ1) is 18.9. The predicted octanol–water partition coefficient (Wildman–Crippen LogP) is 1.95. The zero-order valence-corrected chi connectivity index (χ0v) is 15.4. The molecule has 1 fully saturated rings. The Bertz CT molecular complexity index is 756. The van der Waals surface area contributed by atoms with Gasteiger partial charge in [0.25, 0.3) is 0 Å². The Kier molecular flexibility index (Phi) is 6.44. The molecule has 1 heterocycles. The van der Waals surface area contributed by atoms with Crippen molar-refractivity contribution in [2.75, 3.05) is 33.4 Å². The van der Waals surface area contributed by atoms with Crippen LogP contribution in [0.2, 0.25) is 0 Å². The molecule has 0 aromatic heterocycles. The Morgan fingerprint density at radius 3 is 2.37 bits per heavy atom. The summed E-state index contributed by atoms with van der Waals surface area (Å²) in [6.07, 6.45) is 0.198. The zero-order valence-electron chi connectivity index (χ0n) is 15.4. The van der Waals surface area contributed by atoms with Gasteiger partial charge < -0.3 is 19.7 Å². The third-order valence-corrected chi connectivity index (χ3v) is 4.53. The highest BCUT2D eigenvalue weighted by molar-refractivity contribution is 5.89. The van der Waals surface area contributed by atoms with E-state index in [2.05, 4.69) is 5.32 Å². The summed E-state index contributed by atoms with van der Waals surface area (Å²) in [5.74, 6) is 0.437. The van der Waals surface area contributed by atoms with Gasteiger partial charge in [0.15, 0.2) is 0 Å². The second-order valence-corrected chi connectivity index (χ2v) is 6.37. The molecule has 0 spiro atoms. The van der Waals surface area contributed by atoms with Gasteiger partial charge in [-0.25, -0.2) is 0 Å². The molecule has 142 valence electrons. The van der Waals surface area contributed by atoms with E-state index in [1.807, 2.05) is 54.6 Å². The van der Waals surface area contributed by atoms with Crippen LogP contribution in [0.3, 0.4) is 0 Å². The molecule has 2 aromatic rings. The van der Waals surface area contributed by atoms with Crippen molar-refractivity contribution in [3.05, 3.63) is 65.7 Å². The molecule has 2 amide bonds. The lowest BCUT2D eigenvalue weighted by atomic mass is 10.0. The van der Waals surface area contributed by atoms with Crippen LogP contribution < -0.4 is 10.1 Å². The highest BCUT2D eigenvalue weighted by Gasteiger charge is 2.28. The Balaban J connectivity index is 1.72. The summed E-state index contributed by atoms with van der Waals surface area (Å²) < 4.78 is 10.5. The topological polar surface area (TPSA) is 67.9 Å². The summed E-state index contributed by atoms with van der Waals surface area (Å²) in [6, 6.07) is 16.0. The number of methoxy groups -OCH3 is 1. The molecule has 0 saturated carbocycles. The molecule has 1 atom stereocenters. The van der Waals surface area contributed by atoms with Crippen molar-refractivity contribution < 1.29 is 19.1 Å². The number of hydrogen-bond donors (Lipinski definition) is 1. The van der Waals surface area contributed by atoms with E-state index in [1.165, 1.54) is 0 Å². The molecule has 1 N–H and O–H groups in total. The number of nitrogens with zero attached hydrogens (tertiary/aromatic N) is 1. The van der Waals surface area contributed by atoms with E-state index in [9.17, 15) is 9.59 Å². The van der Waals surface area contributed by atoms with Gasteiger partial charge in [0, 0.05) is 13.1 Å². The summed E-state index contributed by atoms with van der Waals surface area (Å²) in [5.41, 5.74) is 1.64. The average Bonchev–Trinajstić information content (AvgIpc) is 2.73. The van der Waals surface area contributed by atoms with E-state index in [-0.39, 0.29) is 18.2 Å². The molecule has 3 rings (SSSR count). The fraction of sp³-hybridized carbons (Fsp3) is 0.333. The first-order valence-corrected chi connectivity index (χ1v) is 9.01. The van der Waals surface area contributed by atoms with Crippen molar-refractivity contribution in [1.82, 2.24) is 10.2 Å². The maximum absolute atomic E-state index is 13.0. The van der Waals surface area contributed by atoms with E-state index in [0.717, 1.165) is 16.9 Å². The van der Waals surface area contributed by atoms with Gasteiger partial charge in [-0.2, -0.15) is 0 Å². The number of benzene rings is 2. The highest BCUT2D eigenvalue weighted by atomic mass is 16.5. The third kappa shape index (κ3) is 5.08. The first-order valence-electron chi connectivity index (χ1n) is 9.01. The summed E-state index contributed by atoms with van der Waals surface area (Å²) in [4.78, 5) is 27.4. The molecule has 0 aliphatic carbocycles. The molecule has 6 nitrogen and oxygen atoms in total. The minimum Gasteiger partial charge on any atom is -0.497 e. The Morgan fingerprint density at radius 2 is 1.74 bits per heavy atom. The van der Waals surface area contributed by atoms with Crippen molar-refractivity contribution in [3.8, 4) is 5.75 Å². The van der Waals surface area contributed by atoms with Crippen molar-refractivity contribution in [2.45, 2.75) is 12.5 Å². The SMILES string of the molecule is COc1ccc(CC(=O)N[C@H](C(=O)N2CCOCC2)c2ccccc2)cc1. The predicted molar refractivity (Wildman–Crippen MR) is 101 cm³/mol. The molecule has 0 radical (unpaired) electrons. The van der Waals surface area contributed by atoms with Gasteiger partial charge in [-0.1, -0.05) is 42.5 Å². The number of nitrogens with one attached hydrogen (secondary N) is 1. The number of rotatable bonds is 6. The quantitative estimate of drug-likeness (QED) is 0.846. The summed E-state index contributed by atoms with van der Waals surface area (Å²) in [7, 11) is 1.60. The van der Waals surface area contributed by atoms with Gasteiger partial charge in [-0.3, -0.25) is 9.59 Å². The average molecular weight is 368 g/mol. The molecule has 0 unspecified atom stereocenters. The van der Waals surface area contributed by atoms with Gasteiger partial charge in [-0.15, -0.1) is 0 Å². The molecule has 0 bridgehead atoms. The first-order chi connectivity index (χ1) is 13.2. The molecule has 6 heteroatoms. The normalized spacial score (nSPS) is 15.1. The summed E-state index contributed by atoms with van der Waals surface area (Å²) in [5, 5.41) is 2.91. The molecular weight excluding hydrogens is 344 g/mol. The lowest BCUT2D eigenvalue weighted by molar-refractivity contribution is -0.140. The number of hydrogen-bond acceptors (Lipinski definition) is 4. The zero-order chi connectivity index (χ0) is 19.1. The van der Waals surface area contributed by atoms with Crippen LogP contribution in [0.4, 0.5) is 0 Å². The Hall–Kier alpha value is -2.86. The van der Waals surface area contributed by atoms with Gasteiger partial charge in [-0.05, 0) is 23.3 Å². The molecule has 1 saturated heterocycles. The van der Waals surface area contributed by atoms with Crippen LogP contribution in [0.1, 0.15) is 17.2 Å². The molecular formula is C21H24N2O4. The minimum atomic E-state index is -0.699. The largest absolute Gasteiger partial charge is 0.497 e. The van der Waals surface area contributed by atoms with Crippen LogP contribution in [0, 0.1) is 0 Å². The van der Waals surface area contributed by atoms with Gasteiger partial charge in [0.05, 0.1) is 26.7 Å². The lowest BCUT2D eigenvalue weighted by Gasteiger charge is -2.31. The van der Waals surface area contributed by atoms with Crippen LogP contribution >= 0.6 is 0 Å². The minimum absolute atomic E-state index is 0.104. The van der Waals surface area contributed by atoms with Gasteiger partial charge in [0.1, 0.15) is 11.8 Å². The maximum Gasteiger partial charge on any atom is 0.249 e. The molecule has 2 aromatic carbocycles. The van der Waals surface area contributed by atoms with Crippen LogP contribution in [0.25, 0.3) is 0 Å². The fourth-order valence-electron chi connectivity index (χ4n) is 3.04. The summed E-state index contributed by atoms with van der Waals surface area (Å²) in [6.45, 7) is 2.12. The van der Waals surface area contributed by atoms with E-state index in [4.69, 9.17) is 9.47 Å². The number of morpholine rings is 1. The van der Waals surface area contributed by atoms with Crippen molar-refractivity contribution in [3.63, 3.8) is 0 Å². The standard InChI is InChI=1S/C21H24N2O4/c1-26-18-9-7-16(8-10-18)15-19(24)22-20(17-5-3-2-4-6-17)21(25)23-11-13-27-14-12-23/h2-10,20H,11-15H2,1H3,(H,22,24)/t20-/m0/s1. The van der Waals surface area contributed by atoms with Gasteiger partial charge in [0.2, 0.25) is 11.8 Å². The molecule has 1 aliphatic rings. The van der Waals surface area contributed by atoms with Crippen LogP contribution in [0.5, 0.6) is 5.75 Å². The van der Waals surface area contributed by atoms with Crippen molar-refractivity contribution >= 4 is 11.8 Å². The van der Waals surface area contributed by atoms with Crippen molar-refractivity contribution in [2.24, 2.45) is 0 Å². The van der Waals surface area contributed by atoms with E-state index < -0.39 is 6.04 Å². The number of ether oxygens (including phenoxy) is 2. The Labute approximate surface area is 159 Å². The van der Waals surface area contributed by atoms with Crippen LogP contribution in [0.15, 0.2) is 54.6 Å². The Morgan fingerprint density at radius 1 is 1.07 bits per heavy atom. The van der Waals surface area contributed by atoms with E-state index in [1.54, 1.807) is 12.0 Å². The monoisotopic (exact) mass is 368 g/mol. The number of amides is 2. The highest BCUT2D eigenvalue weighted by Crippen LogP contribution is 2.18. The second-order valence-electron chi connectivity index (χ2n) is 6.37. The van der Waals surface area contributed by atoms with Gasteiger partial charge >= 0.3 is 0 Å². The lowest BCUT2D eigenvalue weighted by Crippen LogP contribution is -2.47. The number of carbonyl (C=O) groups is 2. The van der Waals surface area contributed by atoms with E-state index >= 15 is 0 Å². The molecule has 1 aliphatic heterocycles.